The van der Waals surface area contributed by atoms with Crippen LogP contribution >= 0.6 is 0 Å². The highest BCUT2D eigenvalue weighted by molar-refractivity contribution is 6.00. The molecule has 1 aromatic rings. The Kier molecular flexibility index (Phi) is 9.99. The lowest BCUT2D eigenvalue weighted by atomic mass is 9.86. The second-order valence-electron chi connectivity index (χ2n) is 12.6. The summed E-state index contributed by atoms with van der Waals surface area (Å²) in [5.74, 6) is 0.347. The average molecular weight is 562 g/mol. The molecule has 2 aliphatic heterocycles. The average Bonchev–Trinajstić information content (AvgIpc) is 3.48. The van der Waals surface area contributed by atoms with Crippen LogP contribution in [-0.4, -0.2) is 90.4 Å². The first kappa shape index (κ1) is 31.5. The van der Waals surface area contributed by atoms with Gasteiger partial charge in [0.15, 0.2) is 11.5 Å². The van der Waals surface area contributed by atoms with E-state index < -0.39 is 17.6 Å². The van der Waals surface area contributed by atoms with Crippen LogP contribution in [0.3, 0.4) is 0 Å². The van der Waals surface area contributed by atoms with E-state index in [1.54, 1.807) is 34.0 Å². The third-order valence-electron chi connectivity index (χ3n) is 6.98. The molecule has 12 nitrogen and oxygen atoms in total. The number of ether oxygens (including phenoxy) is 2. The number of amides is 3. The molecule has 1 spiro atoms. The highest BCUT2D eigenvalue weighted by Gasteiger charge is 2.45. The number of rotatable bonds is 9. The Morgan fingerprint density at radius 2 is 1.77 bits per heavy atom. The van der Waals surface area contributed by atoms with E-state index in [4.69, 9.17) is 14.5 Å². The second kappa shape index (κ2) is 12.7. The van der Waals surface area contributed by atoms with E-state index in [-0.39, 0.29) is 35.0 Å². The molecule has 1 aromatic heterocycles. The number of aromatic nitrogens is 2. The molecule has 2 N–H and O–H groups in total. The number of likely N-dealkylation sites (tertiary alicyclic amines) is 1. The molecule has 2 saturated heterocycles. The number of carbonyl (C=O) groups is 3. The zero-order valence-electron chi connectivity index (χ0n) is 25.4. The van der Waals surface area contributed by atoms with Crippen molar-refractivity contribution in [3.05, 3.63) is 11.9 Å². The summed E-state index contributed by atoms with van der Waals surface area (Å²) < 4.78 is 11.5. The van der Waals surface area contributed by atoms with Gasteiger partial charge in [-0.2, -0.15) is 0 Å². The molecule has 40 heavy (non-hydrogen) atoms. The quantitative estimate of drug-likeness (QED) is 0.345. The molecule has 0 aromatic carbocycles. The van der Waals surface area contributed by atoms with Gasteiger partial charge in [0.2, 0.25) is 5.91 Å². The van der Waals surface area contributed by atoms with Crippen molar-refractivity contribution in [3.63, 3.8) is 0 Å². The summed E-state index contributed by atoms with van der Waals surface area (Å²) in [6.07, 6.45) is 3.88. The van der Waals surface area contributed by atoms with Crippen LogP contribution in [0.1, 0.15) is 84.6 Å². The minimum absolute atomic E-state index is 0.00812. The molecule has 2 aliphatic rings. The Labute approximate surface area is 238 Å². The van der Waals surface area contributed by atoms with Gasteiger partial charge in [-0.15, -0.1) is 0 Å². The Balaban J connectivity index is 1.88. The van der Waals surface area contributed by atoms with Gasteiger partial charge in [-0.05, 0) is 60.8 Å². The Bertz CT molecular complexity index is 1070. The highest BCUT2D eigenvalue weighted by Crippen LogP contribution is 2.41. The molecule has 0 radical (unpaired) electrons. The van der Waals surface area contributed by atoms with Crippen molar-refractivity contribution in [2.75, 3.05) is 56.2 Å². The summed E-state index contributed by atoms with van der Waals surface area (Å²) in [4.78, 5) is 53.5. The van der Waals surface area contributed by atoms with Crippen molar-refractivity contribution in [1.29, 1.82) is 0 Å². The van der Waals surface area contributed by atoms with Crippen molar-refractivity contribution in [2.24, 2.45) is 5.41 Å². The first-order chi connectivity index (χ1) is 18.7. The van der Waals surface area contributed by atoms with Crippen LogP contribution in [0.5, 0.6) is 0 Å². The monoisotopic (exact) mass is 561 g/mol. The van der Waals surface area contributed by atoms with Crippen LogP contribution in [0.25, 0.3) is 0 Å². The van der Waals surface area contributed by atoms with Gasteiger partial charge in [0, 0.05) is 58.2 Å². The van der Waals surface area contributed by atoms with Gasteiger partial charge in [-0.1, -0.05) is 6.92 Å². The van der Waals surface area contributed by atoms with Gasteiger partial charge in [0.25, 0.3) is 5.91 Å². The molecule has 3 heterocycles. The first-order valence-corrected chi connectivity index (χ1v) is 14.2. The fourth-order valence-corrected chi connectivity index (χ4v) is 5.09. The molecule has 2 fully saturated rings. The summed E-state index contributed by atoms with van der Waals surface area (Å²) in [6.45, 7) is 16.8. The Hall–Kier alpha value is -2.99. The first-order valence-electron chi connectivity index (χ1n) is 14.2. The van der Waals surface area contributed by atoms with Gasteiger partial charge >= 0.3 is 6.09 Å². The lowest BCUT2D eigenvalue weighted by molar-refractivity contribution is -0.130. The minimum atomic E-state index is -0.740. The predicted molar refractivity (Wildman–Crippen MR) is 153 cm³/mol. The topological polar surface area (TPSA) is 129 Å². The number of hydrogen-bond acceptors (Lipinski definition) is 9. The summed E-state index contributed by atoms with van der Waals surface area (Å²) in [6, 6.07) is 0. The van der Waals surface area contributed by atoms with Crippen molar-refractivity contribution in [2.45, 2.75) is 85.4 Å². The van der Waals surface area contributed by atoms with E-state index in [9.17, 15) is 14.4 Å². The standard InChI is InChI=1S/C28H47N7O5/c1-9-21(36)34-15-12-28(19-34)11-14-33(18-28)20-17-30-23(22(31-20)24(37)32-29-8)35(25(38)40-27(5,6)7)13-10-16-39-26(2,3)4/h17,29H,9-16,18-19H2,1-8H3,(H,32,37). The zero-order chi connectivity index (χ0) is 29.7. The zero-order valence-corrected chi connectivity index (χ0v) is 25.4. The molecule has 1 unspecified atom stereocenters. The van der Waals surface area contributed by atoms with E-state index in [0.29, 0.717) is 25.3 Å². The Morgan fingerprint density at radius 1 is 1.07 bits per heavy atom. The third-order valence-corrected chi connectivity index (χ3v) is 6.98. The molecule has 3 amide bonds. The van der Waals surface area contributed by atoms with E-state index in [1.807, 2.05) is 32.6 Å². The molecule has 12 heteroatoms. The molecule has 0 saturated carbocycles. The van der Waals surface area contributed by atoms with Crippen LogP contribution in [-0.2, 0) is 14.3 Å². The van der Waals surface area contributed by atoms with Crippen LogP contribution in [0.15, 0.2) is 6.20 Å². The van der Waals surface area contributed by atoms with Crippen LogP contribution < -0.4 is 20.7 Å². The number of hydrogen-bond donors (Lipinski definition) is 2. The van der Waals surface area contributed by atoms with Crippen LogP contribution in [0, 0.1) is 5.41 Å². The normalized spacial score (nSPS) is 19.3. The maximum absolute atomic E-state index is 13.3. The minimum Gasteiger partial charge on any atom is -0.443 e. The fraction of sp³-hybridized carbons (Fsp3) is 0.750. The maximum Gasteiger partial charge on any atom is 0.416 e. The molecular weight excluding hydrogens is 514 g/mol. The van der Waals surface area contributed by atoms with Crippen molar-refractivity contribution < 1.29 is 23.9 Å². The van der Waals surface area contributed by atoms with Gasteiger partial charge in [0.1, 0.15) is 11.4 Å². The molecule has 1 atom stereocenters. The third kappa shape index (κ3) is 8.26. The van der Waals surface area contributed by atoms with Gasteiger partial charge in [0.05, 0.1) is 11.8 Å². The van der Waals surface area contributed by atoms with Crippen molar-refractivity contribution in [3.8, 4) is 0 Å². The second-order valence-corrected chi connectivity index (χ2v) is 12.6. The van der Waals surface area contributed by atoms with E-state index in [2.05, 4.69) is 20.7 Å². The number of nitrogens with zero attached hydrogens (tertiary/aromatic N) is 5. The number of nitrogens with one attached hydrogen (secondary N) is 2. The smallest absolute Gasteiger partial charge is 0.416 e. The predicted octanol–water partition coefficient (Wildman–Crippen LogP) is 3.13. The molecular formula is C28H47N7O5. The van der Waals surface area contributed by atoms with Crippen molar-refractivity contribution >= 4 is 29.5 Å². The largest absolute Gasteiger partial charge is 0.443 e. The molecule has 3 rings (SSSR count). The summed E-state index contributed by atoms with van der Waals surface area (Å²) in [7, 11) is 1.58. The Morgan fingerprint density at radius 3 is 2.40 bits per heavy atom. The lowest BCUT2D eigenvalue weighted by Crippen LogP contribution is -2.42. The number of anilines is 2. The molecule has 0 bridgehead atoms. The van der Waals surface area contributed by atoms with Gasteiger partial charge < -0.3 is 19.3 Å². The number of hydrazine groups is 1. The SMILES string of the molecule is CCC(=O)N1CCC2(CCN(c3cnc(N(CCCOC(C)(C)C)C(=O)OC(C)(C)C)c(C(=O)NNC)n3)C2)C1. The van der Waals surface area contributed by atoms with E-state index in [1.165, 1.54) is 4.90 Å². The van der Waals surface area contributed by atoms with Gasteiger partial charge in [-0.25, -0.2) is 20.2 Å². The lowest BCUT2D eigenvalue weighted by Gasteiger charge is -2.29. The number of carbonyl (C=O) groups excluding carboxylic acids is 3. The van der Waals surface area contributed by atoms with Crippen LogP contribution in [0.4, 0.5) is 16.4 Å². The fourth-order valence-electron chi connectivity index (χ4n) is 5.09. The van der Waals surface area contributed by atoms with Gasteiger partial charge in [-0.3, -0.25) is 19.9 Å². The highest BCUT2D eigenvalue weighted by atomic mass is 16.6. The van der Waals surface area contributed by atoms with Crippen LogP contribution in [0.2, 0.25) is 0 Å². The van der Waals surface area contributed by atoms with E-state index in [0.717, 1.165) is 39.0 Å². The summed E-state index contributed by atoms with van der Waals surface area (Å²) in [5.41, 5.74) is 4.18. The summed E-state index contributed by atoms with van der Waals surface area (Å²) >= 11 is 0. The molecule has 224 valence electrons. The maximum atomic E-state index is 13.3. The van der Waals surface area contributed by atoms with E-state index >= 15 is 0 Å². The van der Waals surface area contributed by atoms with Crippen molar-refractivity contribution in [1.82, 2.24) is 25.7 Å². The molecule has 0 aliphatic carbocycles. The summed E-state index contributed by atoms with van der Waals surface area (Å²) in [5, 5.41) is 0.